The van der Waals surface area contributed by atoms with Crippen LogP contribution in [0.2, 0.25) is 0 Å². The summed E-state index contributed by atoms with van der Waals surface area (Å²) in [6, 6.07) is 5.72. The maximum absolute atomic E-state index is 13.1. The van der Waals surface area contributed by atoms with E-state index in [1.165, 1.54) is 18.2 Å². The van der Waals surface area contributed by atoms with Crippen LogP contribution in [0.1, 0.15) is 12.8 Å². The Hall–Kier alpha value is -2.19. The summed E-state index contributed by atoms with van der Waals surface area (Å²) in [7, 11) is 1.61. The molecule has 1 aromatic carbocycles. The highest BCUT2D eigenvalue weighted by molar-refractivity contribution is 5.94. The number of rotatable bonds is 7. The summed E-state index contributed by atoms with van der Waals surface area (Å²) >= 11 is 0. The molecule has 0 spiro atoms. The van der Waals surface area contributed by atoms with Crippen molar-refractivity contribution in [3.8, 4) is 0 Å². The summed E-state index contributed by atoms with van der Waals surface area (Å²) < 4.78 is 18.6. The van der Waals surface area contributed by atoms with Crippen LogP contribution in [0.25, 0.3) is 0 Å². The molecule has 4 N–H and O–H groups in total. The minimum absolute atomic E-state index is 0.000311. The molecular formula is C17H25FN4O3. The van der Waals surface area contributed by atoms with Gasteiger partial charge in [-0.3, -0.25) is 9.79 Å². The van der Waals surface area contributed by atoms with E-state index in [1.54, 1.807) is 13.1 Å². The quantitative estimate of drug-likeness (QED) is 0.428. The maximum Gasteiger partial charge on any atom is 0.243 e. The van der Waals surface area contributed by atoms with Gasteiger partial charge in [-0.15, -0.1) is 0 Å². The van der Waals surface area contributed by atoms with Crippen molar-refractivity contribution in [3.63, 3.8) is 0 Å². The first kappa shape index (κ1) is 19.1. The lowest BCUT2D eigenvalue weighted by atomic mass is 9.84. The number of aliphatic hydroxyl groups excluding tert-OH is 1. The fourth-order valence-corrected chi connectivity index (χ4v) is 2.74. The summed E-state index contributed by atoms with van der Waals surface area (Å²) in [5, 5.41) is 17.9. The van der Waals surface area contributed by atoms with Gasteiger partial charge in [-0.05, 0) is 31.0 Å². The van der Waals surface area contributed by atoms with Gasteiger partial charge in [0, 0.05) is 37.9 Å². The second-order valence-corrected chi connectivity index (χ2v) is 6.11. The number of anilines is 1. The van der Waals surface area contributed by atoms with Crippen LogP contribution in [0.15, 0.2) is 29.3 Å². The lowest BCUT2D eigenvalue weighted by Crippen LogP contribution is -2.46. The lowest BCUT2D eigenvalue weighted by molar-refractivity contribution is -0.115. The summed E-state index contributed by atoms with van der Waals surface area (Å²) in [6.07, 6.45) is 1.52. The molecule has 1 atom stereocenters. The Morgan fingerprint density at radius 1 is 1.44 bits per heavy atom. The number of amides is 1. The van der Waals surface area contributed by atoms with Crippen LogP contribution in [0.4, 0.5) is 10.1 Å². The largest absolute Gasteiger partial charge is 0.396 e. The number of ether oxygens (including phenoxy) is 1. The van der Waals surface area contributed by atoms with Gasteiger partial charge in [0.25, 0.3) is 0 Å². The van der Waals surface area contributed by atoms with Gasteiger partial charge in [-0.1, -0.05) is 6.07 Å². The Morgan fingerprint density at radius 3 is 2.92 bits per heavy atom. The molecule has 8 heteroatoms. The topological polar surface area (TPSA) is 95.0 Å². The highest BCUT2D eigenvalue weighted by Gasteiger charge is 2.34. The van der Waals surface area contributed by atoms with E-state index in [0.29, 0.717) is 37.8 Å². The van der Waals surface area contributed by atoms with Crippen LogP contribution in [0.3, 0.4) is 0 Å². The zero-order valence-electron chi connectivity index (χ0n) is 14.3. The number of halogens is 1. The van der Waals surface area contributed by atoms with Crippen molar-refractivity contribution < 1.29 is 19.0 Å². The van der Waals surface area contributed by atoms with Gasteiger partial charge >= 0.3 is 0 Å². The Bertz CT molecular complexity index is 603. The van der Waals surface area contributed by atoms with Crippen LogP contribution >= 0.6 is 0 Å². The maximum atomic E-state index is 13.1. The van der Waals surface area contributed by atoms with Crippen LogP contribution in [0, 0.1) is 11.2 Å². The number of aliphatic hydroxyl groups is 1. The van der Waals surface area contributed by atoms with Crippen molar-refractivity contribution in [1.82, 2.24) is 10.6 Å². The molecule has 1 heterocycles. The molecule has 1 fully saturated rings. The van der Waals surface area contributed by atoms with Crippen molar-refractivity contribution in [2.75, 3.05) is 45.3 Å². The Balaban J connectivity index is 1.78. The van der Waals surface area contributed by atoms with E-state index in [9.17, 15) is 14.3 Å². The van der Waals surface area contributed by atoms with Gasteiger partial charge in [-0.25, -0.2) is 4.39 Å². The number of nitrogens with one attached hydrogen (secondary N) is 3. The molecule has 1 amide bonds. The first-order valence-electron chi connectivity index (χ1n) is 8.25. The monoisotopic (exact) mass is 352 g/mol. The van der Waals surface area contributed by atoms with Crippen molar-refractivity contribution in [2.24, 2.45) is 10.4 Å². The molecule has 0 aromatic heterocycles. The fraction of sp³-hybridized carbons (Fsp3) is 0.529. The third-order valence-electron chi connectivity index (χ3n) is 4.21. The van der Waals surface area contributed by atoms with Crippen LogP contribution < -0.4 is 16.0 Å². The zero-order chi connectivity index (χ0) is 18.1. The van der Waals surface area contributed by atoms with Crippen LogP contribution in [-0.2, 0) is 9.53 Å². The van der Waals surface area contributed by atoms with Gasteiger partial charge in [0.15, 0.2) is 5.96 Å². The second-order valence-electron chi connectivity index (χ2n) is 6.11. The second kappa shape index (κ2) is 9.33. The number of carbonyl (C=O) groups is 1. The first-order chi connectivity index (χ1) is 12.1. The van der Waals surface area contributed by atoms with Crippen molar-refractivity contribution >= 4 is 17.6 Å². The van der Waals surface area contributed by atoms with E-state index in [-0.39, 0.29) is 24.5 Å². The minimum atomic E-state index is -0.406. The molecule has 25 heavy (non-hydrogen) atoms. The van der Waals surface area contributed by atoms with Crippen molar-refractivity contribution in [2.45, 2.75) is 12.8 Å². The number of nitrogens with zero attached hydrogens (tertiary/aromatic N) is 1. The summed E-state index contributed by atoms with van der Waals surface area (Å²) in [5.41, 5.74) is 0.288. The molecule has 1 saturated heterocycles. The van der Waals surface area contributed by atoms with E-state index in [1.807, 2.05) is 0 Å². The number of carbonyl (C=O) groups excluding carboxylic acids is 1. The van der Waals surface area contributed by atoms with Gasteiger partial charge in [0.2, 0.25) is 5.91 Å². The first-order valence-corrected chi connectivity index (χ1v) is 8.25. The number of hydrogen-bond donors (Lipinski definition) is 4. The van der Waals surface area contributed by atoms with Gasteiger partial charge < -0.3 is 25.8 Å². The van der Waals surface area contributed by atoms with Crippen molar-refractivity contribution in [3.05, 3.63) is 30.1 Å². The Morgan fingerprint density at radius 2 is 2.28 bits per heavy atom. The van der Waals surface area contributed by atoms with Gasteiger partial charge in [0.05, 0.1) is 13.2 Å². The lowest BCUT2D eigenvalue weighted by Gasteiger charge is -2.27. The summed E-state index contributed by atoms with van der Waals surface area (Å²) in [4.78, 5) is 16.0. The van der Waals surface area contributed by atoms with Gasteiger partial charge in [-0.2, -0.15) is 0 Å². The Labute approximate surface area is 146 Å². The Kier molecular flexibility index (Phi) is 7.15. The average Bonchev–Trinajstić information content (AvgIpc) is 3.04. The van der Waals surface area contributed by atoms with Crippen LogP contribution in [-0.4, -0.2) is 56.9 Å². The molecule has 0 aliphatic carbocycles. The third kappa shape index (κ3) is 5.99. The van der Waals surface area contributed by atoms with Crippen LogP contribution in [0.5, 0.6) is 0 Å². The third-order valence-corrected chi connectivity index (χ3v) is 4.21. The van der Waals surface area contributed by atoms with E-state index in [2.05, 4.69) is 20.9 Å². The molecule has 1 aromatic rings. The normalized spacial score (nSPS) is 20.4. The molecule has 0 saturated carbocycles. The van der Waals surface area contributed by atoms with E-state index in [0.717, 1.165) is 6.42 Å². The van der Waals surface area contributed by atoms with E-state index >= 15 is 0 Å². The smallest absolute Gasteiger partial charge is 0.243 e. The fourth-order valence-electron chi connectivity index (χ4n) is 2.74. The van der Waals surface area contributed by atoms with E-state index < -0.39 is 5.82 Å². The molecule has 1 aliphatic heterocycles. The predicted molar refractivity (Wildman–Crippen MR) is 94.0 cm³/mol. The molecule has 0 bridgehead atoms. The number of aliphatic imine (C=N–C) groups is 1. The molecule has 1 aliphatic rings. The standard InChI is InChI=1S/C17H25FN4O3/c1-19-16(21-11-17(5-7-23)6-8-25-12-17)20-10-15(24)22-14-4-2-3-13(18)9-14/h2-4,9,23H,5-8,10-12H2,1H3,(H,22,24)(H2,19,20,21). The number of hydrogen-bond acceptors (Lipinski definition) is 4. The minimum Gasteiger partial charge on any atom is -0.396 e. The van der Waals surface area contributed by atoms with Crippen molar-refractivity contribution in [1.29, 1.82) is 0 Å². The molecule has 1 unspecified atom stereocenters. The molecule has 7 nitrogen and oxygen atoms in total. The predicted octanol–water partition coefficient (Wildman–Crippen LogP) is 0.718. The SMILES string of the molecule is CN=C(NCC(=O)Nc1cccc(F)c1)NCC1(CCO)CCOC1. The molecular weight excluding hydrogens is 327 g/mol. The molecule has 138 valence electrons. The number of guanidine groups is 1. The number of benzene rings is 1. The highest BCUT2D eigenvalue weighted by Crippen LogP contribution is 2.31. The summed E-state index contributed by atoms with van der Waals surface area (Å²) in [5.74, 6) is -0.224. The van der Waals surface area contributed by atoms with Gasteiger partial charge in [0.1, 0.15) is 5.82 Å². The molecule has 0 radical (unpaired) electrons. The highest BCUT2D eigenvalue weighted by atomic mass is 19.1. The zero-order valence-corrected chi connectivity index (χ0v) is 14.3. The average molecular weight is 352 g/mol. The van der Waals surface area contributed by atoms with E-state index in [4.69, 9.17) is 4.74 Å². The summed E-state index contributed by atoms with van der Waals surface area (Å²) in [6.45, 7) is 1.98. The molecule has 2 rings (SSSR count).